The average Bonchev–Trinajstić information content (AvgIpc) is 2.40. The van der Waals surface area contributed by atoms with Crippen molar-refractivity contribution >= 4 is 5.95 Å². The van der Waals surface area contributed by atoms with Crippen LogP contribution in [0.2, 0.25) is 0 Å². The van der Waals surface area contributed by atoms with Gasteiger partial charge >= 0.3 is 0 Å². The predicted molar refractivity (Wildman–Crippen MR) is 76.2 cm³/mol. The van der Waals surface area contributed by atoms with Crippen LogP contribution >= 0.6 is 0 Å². The van der Waals surface area contributed by atoms with Gasteiger partial charge in [-0.05, 0) is 38.7 Å². The molecule has 0 spiro atoms. The van der Waals surface area contributed by atoms with Crippen molar-refractivity contribution in [3.05, 3.63) is 18.0 Å². The highest BCUT2D eigenvalue weighted by Gasteiger charge is 2.21. The van der Waals surface area contributed by atoms with E-state index >= 15 is 0 Å². The molecule has 0 bridgehead atoms. The highest BCUT2D eigenvalue weighted by atomic mass is 16.5. The van der Waals surface area contributed by atoms with Gasteiger partial charge < -0.3 is 15.4 Å². The van der Waals surface area contributed by atoms with Gasteiger partial charge in [0.15, 0.2) is 0 Å². The summed E-state index contributed by atoms with van der Waals surface area (Å²) < 4.78 is 5.70. The standard InChI is InChI=1S/C14H24N4O/c1-3-19-13-5-4-6-18(10-13)14-16-8-12(9-17-14)7-11(2)15/h8-9,11,13H,3-7,10,15H2,1-2H3. The van der Waals surface area contributed by atoms with Gasteiger partial charge in [-0.25, -0.2) is 9.97 Å². The first-order valence-corrected chi connectivity index (χ1v) is 7.12. The maximum Gasteiger partial charge on any atom is 0.225 e. The van der Waals surface area contributed by atoms with Crippen LogP contribution in [0.4, 0.5) is 5.95 Å². The number of anilines is 1. The highest BCUT2D eigenvalue weighted by molar-refractivity contribution is 5.31. The van der Waals surface area contributed by atoms with Crippen LogP contribution in [-0.2, 0) is 11.2 Å². The molecule has 1 aromatic heterocycles. The van der Waals surface area contributed by atoms with Crippen molar-refractivity contribution < 1.29 is 4.74 Å². The summed E-state index contributed by atoms with van der Waals surface area (Å²) >= 11 is 0. The second-order valence-electron chi connectivity index (χ2n) is 5.24. The summed E-state index contributed by atoms with van der Waals surface area (Å²) in [6.45, 7) is 6.70. The molecule has 5 nitrogen and oxygen atoms in total. The fraction of sp³-hybridized carbons (Fsp3) is 0.714. The first-order chi connectivity index (χ1) is 9.19. The molecule has 2 rings (SSSR count). The zero-order valence-corrected chi connectivity index (χ0v) is 11.9. The molecular weight excluding hydrogens is 240 g/mol. The molecule has 0 aliphatic carbocycles. The smallest absolute Gasteiger partial charge is 0.225 e. The lowest BCUT2D eigenvalue weighted by atomic mass is 10.1. The molecule has 0 saturated carbocycles. The third kappa shape index (κ3) is 4.14. The molecule has 1 aliphatic rings. The number of hydrogen-bond acceptors (Lipinski definition) is 5. The molecule has 0 amide bonds. The second kappa shape index (κ2) is 6.82. The van der Waals surface area contributed by atoms with Gasteiger partial charge in [-0.3, -0.25) is 0 Å². The third-order valence-corrected chi connectivity index (χ3v) is 3.31. The molecule has 2 heterocycles. The predicted octanol–water partition coefficient (Wildman–Crippen LogP) is 1.37. The summed E-state index contributed by atoms with van der Waals surface area (Å²) in [6, 6.07) is 0.145. The molecule has 106 valence electrons. The molecule has 2 unspecified atom stereocenters. The minimum absolute atomic E-state index is 0.145. The molecule has 5 heteroatoms. The fourth-order valence-corrected chi connectivity index (χ4v) is 2.48. The Bertz CT molecular complexity index is 378. The van der Waals surface area contributed by atoms with E-state index in [0.29, 0.717) is 6.10 Å². The minimum atomic E-state index is 0.145. The number of ether oxygens (including phenoxy) is 1. The summed E-state index contributed by atoms with van der Waals surface area (Å²) in [4.78, 5) is 11.1. The van der Waals surface area contributed by atoms with E-state index in [1.165, 1.54) is 0 Å². The van der Waals surface area contributed by atoms with Crippen LogP contribution in [0, 0.1) is 0 Å². The summed E-state index contributed by atoms with van der Waals surface area (Å²) in [5.41, 5.74) is 6.87. The highest BCUT2D eigenvalue weighted by Crippen LogP contribution is 2.17. The first-order valence-electron chi connectivity index (χ1n) is 7.12. The van der Waals surface area contributed by atoms with Gasteiger partial charge in [-0.15, -0.1) is 0 Å². The minimum Gasteiger partial charge on any atom is -0.377 e. The average molecular weight is 264 g/mol. The summed E-state index contributed by atoms with van der Waals surface area (Å²) in [7, 11) is 0. The molecule has 1 aliphatic heterocycles. The Morgan fingerprint density at radius 1 is 1.47 bits per heavy atom. The lowest BCUT2D eigenvalue weighted by Gasteiger charge is -2.32. The number of rotatable bonds is 5. The summed E-state index contributed by atoms with van der Waals surface area (Å²) in [5.74, 6) is 0.804. The van der Waals surface area contributed by atoms with E-state index in [0.717, 1.165) is 50.5 Å². The Morgan fingerprint density at radius 3 is 2.84 bits per heavy atom. The maximum atomic E-state index is 5.77. The van der Waals surface area contributed by atoms with E-state index < -0.39 is 0 Å². The lowest BCUT2D eigenvalue weighted by molar-refractivity contribution is 0.0523. The van der Waals surface area contributed by atoms with E-state index in [-0.39, 0.29) is 6.04 Å². The van der Waals surface area contributed by atoms with Crippen molar-refractivity contribution in [2.75, 3.05) is 24.6 Å². The van der Waals surface area contributed by atoms with Crippen molar-refractivity contribution in [3.8, 4) is 0 Å². The van der Waals surface area contributed by atoms with Gasteiger partial charge in [0, 0.05) is 38.1 Å². The van der Waals surface area contributed by atoms with Gasteiger partial charge in [-0.1, -0.05) is 0 Å². The molecule has 19 heavy (non-hydrogen) atoms. The quantitative estimate of drug-likeness (QED) is 0.870. The van der Waals surface area contributed by atoms with E-state index in [9.17, 15) is 0 Å². The molecule has 0 radical (unpaired) electrons. The van der Waals surface area contributed by atoms with Crippen LogP contribution in [0.3, 0.4) is 0 Å². The maximum absolute atomic E-state index is 5.77. The largest absolute Gasteiger partial charge is 0.377 e. The topological polar surface area (TPSA) is 64.3 Å². The number of piperidine rings is 1. The fourth-order valence-electron chi connectivity index (χ4n) is 2.48. The van der Waals surface area contributed by atoms with E-state index in [1.807, 2.05) is 26.2 Å². The van der Waals surface area contributed by atoms with E-state index in [4.69, 9.17) is 10.5 Å². The molecular formula is C14H24N4O. The van der Waals surface area contributed by atoms with Gasteiger partial charge in [-0.2, -0.15) is 0 Å². The zero-order chi connectivity index (χ0) is 13.7. The van der Waals surface area contributed by atoms with E-state index in [2.05, 4.69) is 14.9 Å². The van der Waals surface area contributed by atoms with E-state index in [1.54, 1.807) is 0 Å². The van der Waals surface area contributed by atoms with Crippen molar-refractivity contribution in [1.82, 2.24) is 9.97 Å². The van der Waals surface area contributed by atoms with Crippen LogP contribution in [0.15, 0.2) is 12.4 Å². The van der Waals surface area contributed by atoms with Gasteiger partial charge in [0.1, 0.15) is 0 Å². The van der Waals surface area contributed by atoms with Gasteiger partial charge in [0.25, 0.3) is 0 Å². The Morgan fingerprint density at radius 2 is 2.21 bits per heavy atom. The molecule has 2 atom stereocenters. The monoisotopic (exact) mass is 264 g/mol. The van der Waals surface area contributed by atoms with Crippen LogP contribution in [-0.4, -0.2) is 41.8 Å². The number of nitrogens with zero attached hydrogens (tertiary/aromatic N) is 3. The SMILES string of the molecule is CCOC1CCCN(c2ncc(CC(C)N)cn2)C1. The van der Waals surface area contributed by atoms with Crippen molar-refractivity contribution in [1.29, 1.82) is 0 Å². The van der Waals surface area contributed by atoms with Crippen LogP contribution in [0.1, 0.15) is 32.3 Å². The van der Waals surface area contributed by atoms with Crippen LogP contribution in [0.25, 0.3) is 0 Å². The number of aromatic nitrogens is 2. The van der Waals surface area contributed by atoms with Crippen molar-refractivity contribution in [3.63, 3.8) is 0 Å². The normalized spacial score (nSPS) is 21.4. The first kappa shape index (κ1) is 14.2. The van der Waals surface area contributed by atoms with Gasteiger partial charge in [0.05, 0.1) is 6.10 Å². The third-order valence-electron chi connectivity index (χ3n) is 3.31. The lowest BCUT2D eigenvalue weighted by Crippen LogP contribution is -2.40. The number of nitrogens with two attached hydrogens (primary N) is 1. The summed E-state index contributed by atoms with van der Waals surface area (Å²) in [6.07, 6.45) is 7.17. The molecule has 2 N–H and O–H groups in total. The Labute approximate surface area is 115 Å². The van der Waals surface area contributed by atoms with Crippen molar-refractivity contribution in [2.24, 2.45) is 5.73 Å². The second-order valence-corrected chi connectivity index (χ2v) is 5.24. The van der Waals surface area contributed by atoms with Crippen LogP contribution < -0.4 is 10.6 Å². The molecule has 1 saturated heterocycles. The Balaban J connectivity index is 1.97. The van der Waals surface area contributed by atoms with Crippen molar-refractivity contribution in [2.45, 2.75) is 45.3 Å². The summed E-state index contributed by atoms with van der Waals surface area (Å²) in [5, 5.41) is 0. The molecule has 1 aromatic rings. The number of hydrogen-bond donors (Lipinski definition) is 1. The van der Waals surface area contributed by atoms with Crippen LogP contribution in [0.5, 0.6) is 0 Å². The molecule has 1 fully saturated rings. The molecule has 0 aromatic carbocycles. The van der Waals surface area contributed by atoms with Gasteiger partial charge in [0.2, 0.25) is 5.95 Å². The Kier molecular flexibility index (Phi) is 5.10. The Hall–Kier alpha value is -1.20. The zero-order valence-electron chi connectivity index (χ0n) is 11.9.